The number of hydrogen-bond donors (Lipinski definition) is 1. The Morgan fingerprint density at radius 2 is 1.96 bits per heavy atom. The lowest BCUT2D eigenvalue weighted by Crippen LogP contribution is -2.52. The fourth-order valence-corrected chi connectivity index (χ4v) is 7.75. The highest BCUT2D eigenvalue weighted by molar-refractivity contribution is 5.91. The van der Waals surface area contributed by atoms with Crippen molar-refractivity contribution in [1.29, 1.82) is 0 Å². The van der Waals surface area contributed by atoms with Gasteiger partial charge in [-0.1, -0.05) is 12.5 Å². The van der Waals surface area contributed by atoms with Crippen molar-refractivity contribution in [3.8, 4) is 0 Å². The monoisotopic (exact) mass is 344 g/mol. The summed E-state index contributed by atoms with van der Waals surface area (Å²) in [6.45, 7) is 4.29. The van der Waals surface area contributed by atoms with Gasteiger partial charge in [-0.2, -0.15) is 0 Å². The molecule has 0 aromatic heterocycles. The molecule has 5 rings (SSSR count). The summed E-state index contributed by atoms with van der Waals surface area (Å²) in [5.41, 5.74) is 1.01. The van der Waals surface area contributed by atoms with E-state index >= 15 is 0 Å². The molecule has 1 spiro atoms. The molecule has 5 aliphatic rings. The zero-order chi connectivity index (χ0) is 17.6. The maximum atomic E-state index is 12.9. The van der Waals surface area contributed by atoms with Crippen molar-refractivity contribution in [2.24, 2.45) is 34.5 Å². The number of carbonyl (C=O) groups is 2. The highest BCUT2D eigenvalue weighted by Crippen LogP contribution is 2.69. The Morgan fingerprint density at radius 3 is 2.76 bits per heavy atom. The van der Waals surface area contributed by atoms with E-state index in [0.29, 0.717) is 18.3 Å². The molecule has 3 saturated carbocycles. The molecule has 136 valence electrons. The molecule has 0 amide bonds. The van der Waals surface area contributed by atoms with Gasteiger partial charge in [-0.3, -0.25) is 9.59 Å². The number of allylic oxidation sites excluding steroid dienone is 1. The van der Waals surface area contributed by atoms with Gasteiger partial charge in [0.1, 0.15) is 6.10 Å². The number of cyclic esters (lactones) is 1. The largest absolute Gasteiger partial charge is 0.462 e. The number of carbonyl (C=O) groups excluding carboxylic acids is 2. The topological polar surface area (TPSA) is 63.6 Å². The van der Waals surface area contributed by atoms with E-state index in [-0.39, 0.29) is 35.1 Å². The summed E-state index contributed by atoms with van der Waals surface area (Å²) in [5.74, 6) is 1.47. The van der Waals surface area contributed by atoms with Crippen molar-refractivity contribution in [3.63, 3.8) is 0 Å². The SMILES string of the molecule is C[C@@H]1OC(=O)[C@]23CC[C@H]4[C@@H](CCC5=CC(=O)CC[C@@]54C)[C@H]2C[C@@H](O)[C@H]13. The highest BCUT2D eigenvalue weighted by atomic mass is 16.6. The predicted molar refractivity (Wildman–Crippen MR) is 91.5 cm³/mol. The molecular weight excluding hydrogens is 316 g/mol. The Labute approximate surface area is 149 Å². The maximum absolute atomic E-state index is 12.9. The first-order chi connectivity index (χ1) is 11.9. The van der Waals surface area contributed by atoms with E-state index in [1.54, 1.807) is 0 Å². The van der Waals surface area contributed by atoms with Crippen molar-refractivity contribution in [2.45, 2.75) is 71.0 Å². The molecule has 0 radical (unpaired) electrons. The van der Waals surface area contributed by atoms with Crippen molar-refractivity contribution in [2.75, 3.05) is 0 Å². The fraction of sp³-hybridized carbons (Fsp3) is 0.810. The van der Waals surface area contributed by atoms with Crippen molar-refractivity contribution in [1.82, 2.24) is 0 Å². The highest BCUT2D eigenvalue weighted by Gasteiger charge is 2.71. The van der Waals surface area contributed by atoms with E-state index in [4.69, 9.17) is 4.74 Å². The van der Waals surface area contributed by atoms with E-state index in [2.05, 4.69) is 6.92 Å². The van der Waals surface area contributed by atoms with Gasteiger partial charge in [0.05, 0.1) is 11.5 Å². The van der Waals surface area contributed by atoms with Crippen LogP contribution in [0.1, 0.15) is 58.8 Å². The molecule has 0 bridgehead atoms. The van der Waals surface area contributed by atoms with E-state index in [1.165, 1.54) is 5.57 Å². The molecule has 4 nitrogen and oxygen atoms in total. The van der Waals surface area contributed by atoms with E-state index in [1.807, 2.05) is 13.0 Å². The molecule has 0 aromatic rings. The van der Waals surface area contributed by atoms with Gasteiger partial charge < -0.3 is 9.84 Å². The number of rotatable bonds is 0. The molecular formula is C21H28O4. The number of ketones is 1. The number of aliphatic hydroxyl groups is 1. The Morgan fingerprint density at radius 1 is 1.16 bits per heavy atom. The number of ether oxygens (including phenoxy) is 1. The van der Waals surface area contributed by atoms with Crippen molar-refractivity contribution in [3.05, 3.63) is 11.6 Å². The molecule has 0 aromatic carbocycles. The zero-order valence-corrected chi connectivity index (χ0v) is 15.2. The smallest absolute Gasteiger partial charge is 0.313 e. The van der Waals surface area contributed by atoms with Crippen LogP contribution in [0.3, 0.4) is 0 Å². The summed E-state index contributed by atoms with van der Waals surface area (Å²) in [6, 6.07) is 0. The predicted octanol–water partition coefficient (Wildman–Crippen LogP) is 3.03. The summed E-state index contributed by atoms with van der Waals surface area (Å²) in [5, 5.41) is 10.7. The van der Waals surface area contributed by atoms with E-state index < -0.39 is 11.5 Å². The second-order valence-corrected chi connectivity index (χ2v) is 9.49. The normalized spacial score (nSPS) is 54.1. The molecule has 25 heavy (non-hydrogen) atoms. The van der Waals surface area contributed by atoms with Crippen molar-refractivity contribution < 1.29 is 19.4 Å². The average Bonchev–Trinajstić information content (AvgIpc) is 3.01. The average molecular weight is 344 g/mol. The minimum absolute atomic E-state index is 0.0244. The van der Waals surface area contributed by atoms with Crippen LogP contribution < -0.4 is 0 Å². The Balaban J connectivity index is 1.55. The number of hydrogen-bond acceptors (Lipinski definition) is 4. The van der Waals surface area contributed by atoms with E-state index in [0.717, 1.165) is 38.5 Å². The number of fused-ring (bicyclic) bond motifs is 4. The molecule has 4 heteroatoms. The minimum Gasteiger partial charge on any atom is -0.462 e. The van der Waals surface area contributed by atoms with Gasteiger partial charge in [-0.15, -0.1) is 0 Å². The molecule has 1 heterocycles. The number of esters is 1. The molecule has 1 N–H and O–H groups in total. The van der Waals surface area contributed by atoms with Gasteiger partial charge in [0.15, 0.2) is 5.78 Å². The van der Waals surface area contributed by atoms with Crippen LogP contribution in [0.5, 0.6) is 0 Å². The van der Waals surface area contributed by atoms with E-state index in [9.17, 15) is 14.7 Å². The molecule has 8 atom stereocenters. The summed E-state index contributed by atoms with van der Waals surface area (Å²) in [4.78, 5) is 24.8. The Bertz CT molecular complexity index is 681. The minimum atomic E-state index is -0.442. The lowest BCUT2D eigenvalue weighted by atomic mass is 9.46. The Hall–Kier alpha value is -1.16. The maximum Gasteiger partial charge on any atom is 0.313 e. The summed E-state index contributed by atoms with van der Waals surface area (Å²) in [6.07, 6.45) is 7.59. The third-order valence-corrected chi connectivity index (χ3v) is 8.77. The van der Waals surface area contributed by atoms with Crippen LogP contribution in [0, 0.1) is 34.5 Å². The van der Waals surface area contributed by atoms with Gasteiger partial charge in [-0.25, -0.2) is 0 Å². The fourth-order valence-electron chi connectivity index (χ4n) is 7.75. The van der Waals surface area contributed by atoms with Gasteiger partial charge in [-0.05, 0) is 74.7 Å². The third-order valence-electron chi connectivity index (χ3n) is 8.77. The first kappa shape index (κ1) is 16.0. The lowest BCUT2D eigenvalue weighted by molar-refractivity contribution is -0.157. The first-order valence-corrected chi connectivity index (χ1v) is 10.0. The summed E-state index contributed by atoms with van der Waals surface area (Å²) in [7, 11) is 0. The van der Waals surface area contributed by atoms with Crippen LogP contribution >= 0.6 is 0 Å². The standard InChI is InChI=1S/C21H28O4/c1-11-18-17(23)10-16-14-4-3-12-9-13(22)5-7-20(12,2)15(14)6-8-21(16,18)19(24)25-11/h9,11,14-18,23H,3-8,10H2,1-2H3/t11-,14+,15-,16+,17+,18-,20-,21+/m0/s1. The van der Waals surface area contributed by atoms with Gasteiger partial charge in [0.2, 0.25) is 0 Å². The van der Waals surface area contributed by atoms with Gasteiger partial charge >= 0.3 is 5.97 Å². The molecule has 4 aliphatic carbocycles. The van der Waals surface area contributed by atoms with Crippen molar-refractivity contribution >= 4 is 11.8 Å². The lowest BCUT2D eigenvalue weighted by Gasteiger charge is -2.56. The quantitative estimate of drug-likeness (QED) is 0.686. The van der Waals surface area contributed by atoms with Crippen LogP contribution in [0.2, 0.25) is 0 Å². The molecule has 0 unspecified atom stereocenters. The summed E-state index contributed by atoms with van der Waals surface area (Å²) < 4.78 is 5.63. The third kappa shape index (κ3) is 1.82. The van der Waals surface area contributed by atoms with Crippen LogP contribution in [-0.4, -0.2) is 29.1 Å². The first-order valence-electron chi connectivity index (χ1n) is 10.0. The van der Waals surface area contributed by atoms with Crippen LogP contribution in [0.25, 0.3) is 0 Å². The second kappa shape index (κ2) is 4.97. The summed E-state index contributed by atoms with van der Waals surface area (Å²) >= 11 is 0. The van der Waals surface area contributed by atoms with Gasteiger partial charge in [0.25, 0.3) is 0 Å². The zero-order valence-electron chi connectivity index (χ0n) is 15.2. The second-order valence-electron chi connectivity index (χ2n) is 9.49. The van der Waals surface area contributed by atoms with Crippen LogP contribution in [0.15, 0.2) is 11.6 Å². The van der Waals surface area contributed by atoms with Crippen LogP contribution in [0.4, 0.5) is 0 Å². The Kier molecular flexibility index (Phi) is 3.19. The van der Waals surface area contributed by atoms with Gasteiger partial charge in [0, 0.05) is 12.3 Å². The molecule has 4 fully saturated rings. The molecule has 1 saturated heterocycles. The molecule has 1 aliphatic heterocycles. The number of aliphatic hydroxyl groups excluding tert-OH is 1. The van der Waals surface area contributed by atoms with Crippen LogP contribution in [-0.2, 0) is 14.3 Å².